The van der Waals surface area contributed by atoms with Crippen molar-refractivity contribution in [3.05, 3.63) is 46.2 Å². The summed E-state index contributed by atoms with van der Waals surface area (Å²) in [6.07, 6.45) is 0. The van der Waals surface area contributed by atoms with E-state index in [9.17, 15) is 14.4 Å². The average molecular weight is 371 g/mol. The fourth-order valence-corrected chi connectivity index (χ4v) is 3.38. The molecule has 1 aromatic carbocycles. The molecule has 0 bridgehead atoms. The molecule has 2 N–H and O–H groups in total. The molecule has 1 atom stereocenters. The van der Waals surface area contributed by atoms with Crippen LogP contribution in [0.4, 0.5) is 4.79 Å². The summed E-state index contributed by atoms with van der Waals surface area (Å²) in [7, 11) is 0. The zero-order valence-corrected chi connectivity index (χ0v) is 16.3. The van der Waals surface area contributed by atoms with Crippen molar-refractivity contribution in [1.82, 2.24) is 15.5 Å². The Morgan fingerprint density at radius 1 is 1.30 bits per heavy atom. The normalized spacial score (nSPS) is 19.6. The maximum atomic E-state index is 12.8. The highest BCUT2D eigenvalue weighted by Crippen LogP contribution is 2.36. The fraction of sp³-hybridized carbons (Fsp3) is 0.450. The van der Waals surface area contributed by atoms with Crippen LogP contribution in [-0.4, -0.2) is 41.5 Å². The van der Waals surface area contributed by atoms with E-state index in [1.807, 2.05) is 52.8 Å². The predicted molar refractivity (Wildman–Crippen MR) is 99.8 cm³/mol. The number of aryl methyl sites for hydroxylation is 2. The van der Waals surface area contributed by atoms with Crippen LogP contribution in [0.5, 0.6) is 0 Å². The summed E-state index contributed by atoms with van der Waals surface area (Å²) in [5, 5.41) is 5.70. The van der Waals surface area contributed by atoms with E-state index in [4.69, 9.17) is 4.74 Å². The van der Waals surface area contributed by atoms with E-state index in [-0.39, 0.29) is 19.1 Å². The monoisotopic (exact) mass is 371 g/mol. The summed E-state index contributed by atoms with van der Waals surface area (Å²) in [5.41, 5.74) is 3.30. The number of hydrogen-bond donors (Lipinski definition) is 2. The Labute approximate surface area is 158 Å². The van der Waals surface area contributed by atoms with Gasteiger partial charge in [0, 0.05) is 5.54 Å². The van der Waals surface area contributed by atoms with Crippen molar-refractivity contribution in [2.75, 3.05) is 13.2 Å². The molecule has 1 aromatic rings. The molecule has 7 heteroatoms. The minimum Gasteiger partial charge on any atom is -0.456 e. The summed E-state index contributed by atoms with van der Waals surface area (Å²) in [5.74, 6) is -0.758. The number of esters is 1. The third-order valence-electron chi connectivity index (χ3n) is 4.56. The molecule has 0 unspecified atom stereocenters. The van der Waals surface area contributed by atoms with Crippen LogP contribution in [0, 0.1) is 13.8 Å². The standard InChI is InChI=1S/C20H25N3O4/c1-11-6-7-12(2)13(8-11)17-16-14(10-27-18(16)25)23(19(26)21-17)9-15(24)22-20(3,4)5/h6-8,17H,9-10H2,1-5H3,(H,21,26)(H,22,24)/t17-/m1/s1. The lowest BCUT2D eigenvalue weighted by atomic mass is 9.91. The van der Waals surface area contributed by atoms with Gasteiger partial charge < -0.3 is 15.4 Å². The summed E-state index contributed by atoms with van der Waals surface area (Å²) in [6, 6.07) is 4.90. The van der Waals surface area contributed by atoms with Crippen LogP contribution in [0.3, 0.4) is 0 Å². The maximum absolute atomic E-state index is 12.8. The van der Waals surface area contributed by atoms with Crippen molar-refractivity contribution < 1.29 is 19.1 Å². The van der Waals surface area contributed by atoms with Crippen molar-refractivity contribution in [2.24, 2.45) is 0 Å². The van der Waals surface area contributed by atoms with Gasteiger partial charge in [0.1, 0.15) is 13.2 Å². The zero-order chi connectivity index (χ0) is 19.9. The van der Waals surface area contributed by atoms with Gasteiger partial charge in [-0.1, -0.05) is 23.8 Å². The molecule has 3 rings (SSSR count). The first-order valence-electron chi connectivity index (χ1n) is 8.93. The van der Waals surface area contributed by atoms with E-state index in [0.717, 1.165) is 16.7 Å². The molecule has 0 spiro atoms. The third-order valence-corrected chi connectivity index (χ3v) is 4.56. The number of nitrogens with zero attached hydrogens (tertiary/aromatic N) is 1. The Balaban J connectivity index is 1.97. The highest BCUT2D eigenvalue weighted by atomic mass is 16.5. The van der Waals surface area contributed by atoms with Gasteiger partial charge in [-0.25, -0.2) is 9.59 Å². The van der Waals surface area contributed by atoms with Gasteiger partial charge >= 0.3 is 12.0 Å². The number of hydrogen-bond acceptors (Lipinski definition) is 4. The molecule has 7 nitrogen and oxygen atoms in total. The molecule has 0 aliphatic carbocycles. The Kier molecular flexibility index (Phi) is 4.71. The maximum Gasteiger partial charge on any atom is 0.338 e. The van der Waals surface area contributed by atoms with E-state index in [0.29, 0.717) is 11.3 Å². The van der Waals surface area contributed by atoms with Crippen LogP contribution < -0.4 is 10.6 Å². The number of cyclic esters (lactones) is 1. The van der Waals surface area contributed by atoms with E-state index >= 15 is 0 Å². The van der Waals surface area contributed by atoms with Crippen LogP contribution in [0.1, 0.15) is 43.5 Å². The number of benzene rings is 1. The fourth-order valence-electron chi connectivity index (χ4n) is 3.38. The molecule has 0 saturated heterocycles. The summed E-state index contributed by atoms with van der Waals surface area (Å²) >= 11 is 0. The molecular weight excluding hydrogens is 346 g/mol. The Morgan fingerprint density at radius 2 is 2.00 bits per heavy atom. The largest absolute Gasteiger partial charge is 0.456 e. The van der Waals surface area contributed by atoms with Crippen molar-refractivity contribution in [1.29, 1.82) is 0 Å². The predicted octanol–water partition coefficient (Wildman–Crippen LogP) is 2.10. The Hall–Kier alpha value is -2.83. The first kappa shape index (κ1) is 18.9. The SMILES string of the molecule is Cc1ccc(C)c([C@H]2NC(=O)N(CC(=O)NC(C)(C)C)C3=C2C(=O)OC3)c1. The highest BCUT2D eigenvalue weighted by Gasteiger charge is 2.43. The molecule has 0 fully saturated rings. The number of ether oxygens (including phenoxy) is 1. The van der Waals surface area contributed by atoms with Gasteiger partial charge in [-0.15, -0.1) is 0 Å². The Bertz CT molecular complexity index is 851. The number of nitrogens with one attached hydrogen (secondary N) is 2. The second kappa shape index (κ2) is 6.72. The first-order valence-corrected chi connectivity index (χ1v) is 8.93. The van der Waals surface area contributed by atoms with Crippen LogP contribution in [-0.2, 0) is 14.3 Å². The van der Waals surface area contributed by atoms with Crippen LogP contribution >= 0.6 is 0 Å². The molecule has 0 saturated carbocycles. The van der Waals surface area contributed by atoms with E-state index in [1.54, 1.807) is 0 Å². The summed E-state index contributed by atoms with van der Waals surface area (Å²) in [6.45, 7) is 9.31. The minimum absolute atomic E-state index is 0.00819. The number of rotatable bonds is 3. The third kappa shape index (κ3) is 3.82. The smallest absolute Gasteiger partial charge is 0.338 e. The second-order valence-corrected chi connectivity index (χ2v) is 8.06. The minimum atomic E-state index is -0.579. The quantitative estimate of drug-likeness (QED) is 0.797. The van der Waals surface area contributed by atoms with Crippen molar-refractivity contribution in [3.63, 3.8) is 0 Å². The van der Waals surface area contributed by atoms with Gasteiger partial charge in [-0.3, -0.25) is 9.69 Å². The molecule has 0 aromatic heterocycles. The summed E-state index contributed by atoms with van der Waals surface area (Å²) in [4.78, 5) is 38.8. The van der Waals surface area contributed by atoms with E-state index in [2.05, 4.69) is 10.6 Å². The highest BCUT2D eigenvalue weighted by molar-refractivity contribution is 5.98. The lowest BCUT2D eigenvalue weighted by Gasteiger charge is -2.33. The molecule has 144 valence electrons. The van der Waals surface area contributed by atoms with Crippen molar-refractivity contribution in [2.45, 2.75) is 46.2 Å². The van der Waals surface area contributed by atoms with Crippen molar-refractivity contribution >= 4 is 17.9 Å². The van der Waals surface area contributed by atoms with Gasteiger partial charge in [0.2, 0.25) is 5.91 Å². The zero-order valence-electron chi connectivity index (χ0n) is 16.3. The van der Waals surface area contributed by atoms with Crippen LogP contribution in [0.15, 0.2) is 29.5 Å². The van der Waals surface area contributed by atoms with Gasteiger partial charge in [0.05, 0.1) is 17.3 Å². The summed E-state index contributed by atoms with van der Waals surface area (Å²) < 4.78 is 5.20. The van der Waals surface area contributed by atoms with Crippen molar-refractivity contribution in [3.8, 4) is 0 Å². The van der Waals surface area contributed by atoms with Gasteiger partial charge in [0.25, 0.3) is 0 Å². The first-order chi connectivity index (χ1) is 12.6. The Morgan fingerprint density at radius 3 is 2.67 bits per heavy atom. The van der Waals surface area contributed by atoms with Crippen LogP contribution in [0.25, 0.3) is 0 Å². The van der Waals surface area contributed by atoms with E-state index in [1.165, 1.54) is 4.90 Å². The lowest BCUT2D eigenvalue weighted by Crippen LogP contribution is -2.52. The molecule has 2 aliphatic rings. The number of amides is 3. The molecule has 2 heterocycles. The molecule has 3 amide bonds. The second-order valence-electron chi connectivity index (χ2n) is 8.06. The molecular formula is C20H25N3O4. The number of urea groups is 1. The molecule has 2 aliphatic heterocycles. The van der Waals surface area contributed by atoms with Gasteiger partial charge in [-0.05, 0) is 45.7 Å². The molecule has 0 radical (unpaired) electrons. The topological polar surface area (TPSA) is 87.7 Å². The lowest BCUT2D eigenvalue weighted by molar-refractivity contribution is -0.136. The van der Waals surface area contributed by atoms with Crippen LogP contribution in [0.2, 0.25) is 0 Å². The molecule has 27 heavy (non-hydrogen) atoms. The average Bonchev–Trinajstić information content (AvgIpc) is 2.92. The van der Waals surface area contributed by atoms with Gasteiger partial charge in [0.15, 0.2) is 0 Å². The number of carbonyl (C=O) groups is 3. The van der Waals surface area contributed by atoms with E-state index < -0.39 is 23.6 Å². The number of carbonyl (C=O) groups excluding carboxylic acids is 3. The van der Waals surface area contributed by atoms with Gasteiger partial charge in [-0.2, -0.15) is 0 Å².